The second-order valence-electron chi connectivity index (χ2n) is 5.59. The summed E-state index contributed by atoms with van der Waals surface area (Å²) in [5.41, 5.74) is 0.999. The van der Waals surface area contributed by atoms with Gasteiger partial charge in [0.1, 0.15) is 5.75 Å². The van der Waals surface area contributed by atoms with Crippen molar-refractivity contribution in [3.63, 3.8) is 0 Å². The van der Waals surface area contributed by atoms with Gasteiger partial charge in [0, 0.05) is 17.8 Å². The van der Waals surface area contributed by atoms with Crippen LogP contribution in [0.2, 0.25) is 0 Å². The number of carbonyl (C=O) groups is 1. The minimum atomic E-state index is -3.25. The standard InChI is InChI=1S/C17H18BrNO4S/c1-11(12-4-7-14(8-5-12)24(3,22)23)19(2)17(21)15-10-13(18)6-9-16(15)20/h4-11,20H,1-3H3. The van der Waals surface area contributed by atoms with E-state index in [1.807, 2.05) is 6.92 Å². The number of carbonyl (C=O) groups excluding carboxylic acids is 1. The summed E-state index contributed by atoms with van der Waals surface area (Å²) in [5, 5.41) is 9.90. The third-order valence-corrected chi connectivity index (χ3v) is 5.50. The molecular weight excluding hydrogens is 394 g/mol. The minimum absolute atomic E-state index is 0.0883. The first kappa shape index (κ1) is 18.5. The van der Waals surface area contributed by atoms with Crippen LogP contribution in [-0.2, 0) is 9.84 Å². The molecule has 7 heteroatoms. The summed E-state index contributed by atoms with van der Waals surface area (Å²) in [6.45, 7) is 1.84. The lowest BCUT2D eigenvalue weighted by Gasteiger charge is -2.26. The average molecular weight is 412 g/mol. The summed E-state index contributed by atoms with van der Waals surface area (Å²) in [6, 6.07) is 10.8. The number of amides is 1. The lowest BCUT2D eigenvalue weighted by molar-refractivity contribution is 0.0739. The summed E-state index contributed by atoms with van der Waals surface area (Å²) >= 11 is 3.28. The van der Waals surface area contributed by atoms with Gasteiger partial charge in [-0.2, -0.15) is 0 Å². The van der Waals surface area contributed by atoms with E-state index in [4.69, 9.17) is 0 Å². The Balaban J connectivity index is 2.27. The number of phenols is 1. The molecule has 0 heterocycles. The Kier molecular flexibility index (Phi) is 5.35. The number of aromatic hydroxyl groups is 1. The van der Waals surface area contributed by atoms with Crippen molar-refractivity contribution < 1.29 is 18.3 Å². The predicted molar refractivity (Wildman–Crippen MR) is 95.9 cm³/mol. The number of nitrogens with zero attached hydrogens (tertiary/aromatic N) is 1. The molecule has 1 N–H and O–H groups in total. The maximum atomic E-state index is 12.6. The molecule has 1 unspecified atom stereocenters. The van der Waals surface area contributed by atoms with Crippen molar-refractivity contribution in [2.24, 2.45) is 0 Å². The highest BCUT2D eigenvalue weighted by atomic mass is 79.9. The molecule has 1 amide bonds. The number of hydrogen-bond acceptors (Lipinski definition) is 4. The maximum absolute atomic E-state index is 12.6. The van der Waals surface area contributed by atoms with Gasteiger partial charge in [0.25, 0.3) is 5.91 Å². The topological polar surface area (TPSA) is 74.7 Å². The molecule has 1 atom stereocenters. The van der Waals surface area contributed by atoms with Crippen LogP contribution in [0.5, 0.6) is 5.75 Å². The van der Waals surface area contributed by atoms with E-state index in [0.29, 0.717) is 4.47 Å². The number of hydrogen-bond donors (Lipinski definition) is 1. The third-order valence-electron chi connectivity index (χ3n) is 3.88. The summed E-state index contributed by atoms with van der Waals surface area (Å²) in [6.07, 6.45) is 1.15. The van der Waals surface area contributed by atoms with Crippen molar-refractivity contribution in [3.05, 3.63) is 58.1 Å². The SMILES string of the molecule is CC(c1ccc(S(C)(=O)=O)cc1)N(C)C(=O)c1cc(Br)ccc1O. The lowest BCUT2D eigenvalue weighted by Crippen LogP contribution is -2.29. The van der Waals surface area contributed by atoms with Crippen molar-refractivity contribution in [1.82, 2.24) is 4.90 Å². The van der Waals surface area contributed by atoms with Crippen LogP contribution in [-0.4, -0.2) is 37.6 Å². The van der Waals surface area contributed by atoms with Gasteiger partial charge in [-0.3, -0.25) is 4.79 Å². The second-order valence-corrected chi connectivity index (χ2v) is 8.53. The van der Waals surface area contributed by atoms with Crippen LogP contribution in [0.4, 0.5) is 0 Å². The highest BCUT2D eigenvalue weighted by Crippen LogP contribution is 2.27. The molecule has 0 fully saturated rings. The zero-order valence-corrected chi connectivity index (χ0v) is 15.9. The van der Waals surface area contributed by atoms with Gasteiger partial charge in [0.15, 0.2) is 9.84 Å². The molecule has 0 radical (unpaired) electrons. The van der Waals surface area contributed by atoms with E-state index in [0.717, 1.165) is 11.8 Å². The largest absolute Gasteiger partial charge is 0.507 e. The van der Waals surface area contributed by atoms with Gasteiger partial charge in [0.2, 0.25) is 0 Å². The number of phenolic OH excluding ortho intramolecular Hbond substituents is 1. The van der Waals surface area contributed by atoms with Crippen molar-refractivity contribution in [2.45, 2.75) is 17.9 Å². The second kappa shape index (κ2) is 6.94. The van der Waals surface area contributed by atoms with E-state index in [1.165, 1.54) is 23.1 Å². The molecule has 2 aromatic rings. The number of benzene rings is 2. The Bertz CT molecular complexity index is 863. The molecule has 24 heavy (non-hydrogen) atoms. The van der Waals surface area contributed by atoms with Gasteiger partial charge in [0.05, 0.1) is 16.5 Å². The van der Waals surface area contributed by atoms with Gasteiger partial charge in [-0.15, -0.1) is 0 Å². The molecule has 0 saturated heterocycles. The van der Waals surface area contributed by atoms with Crippen molar-refractivity contribution >= 4 is 31.7 Å². The van der Waals surface area contributed by atoms with Gasteiger partial charge in [-0.05, 0) is 42.8 Å². The van der Waals surface area contributed by atoms with Crippen molar-refractivity contribution in [3.8, 4) is 5.75 Å². The molecule has 5 nitrogen and oxygen atoms in total. The summed E-state index contributed by atoms with van der Waals surface area (Å²) in [7, 11) is -1.62. The third kappa shape index (κ3) is 3.96. The van der Waals surface area contributed by atoms with E-state index in [1.54, 1.807) is 31.3 Å². The van der Waals surface area contributed by atoms with Crippen LogP contribution in [0.25, 0.3) is 0 Å². The maximum Gasteiger partial charge on any atom is 0.257 e. The van der Waals surface area contributed by atoms with Crippen molar-refractivity contribution in [1.29, 1.82) is 0 Å². The van der Waals surface area contributed by atoms with Crippen LogP contribution < -0.4 is 0 Å². The fourth-order valence-corrected chi connectivity index (χ4v) is 3.25. The Morgan fingerprint density at radius 3 is 2.29 bits per heavy atom. The normalized spacial score (nSPS) is 12.7. The molecule has 0 bridgehead atoms. The fraction of sp³-hybridized carbons (Fsp3) is 0.235. The van der Waals surface area contributed by atoms with Gasteiger partial charge >= 0.3 is 0 Å². The van der Waals surface area contributed by atoms with E-state index in [9.17, 15) is 18.3 Å². The molecule has 0 aromatic heterocycles. The smallest absolute Gasteiger partial charge is 0.257 e. The first-order valence-electron chi connectivity index (χ1n) is 7.17. The predicted octanol–water partition coefficient (Wildman–Crippen LogP) is 3.39. The van der Waals surface area contributed by atoms with Crippen LogP contribution in [0, 0.1) is 0 Å². The van der Waals surface area contributed by atoms with Crippen LogP contribution in [0.1, 0.15) is 28.9 Å². The van der Waals surface area contributed by atoms with Gasteiger partial charge in [-0.25, -0.2) is 8.42 Å². The Morgan fingerprint density at radius 2 is 1.75 bits per heavy atom. The van der Waals surface area contributed by atoms with Crippen LogP contribution in [0.15, 0.2) is 51.8 Å². The molecule has 0 aliphatic heterocycles. The zero-order valence-electron chi connectivity index (χ0n) is 13.5. The lowest BCUT2D eigenvalue weighted by atomic mass is 10.1. The number of sulfone groups is 1. The number of rotatable bonds is 4. The first-order chi connectivity index (χ1) is 11.1. The van der Waals surface area contributed by atoms with Crippen molar-refractivity contribution in [2.75, 3.05) is 13.3 Å². The average Bonchev–Trinajstić information content (AvgIpc) is 2.54. The molecular formula is C17H18BrNO4S. The van der Waals surface area contributed by atoms with Gasteiger partial charge in [-0.1, -0.05) is 28.1 Å². The summed E-state index contributed by atoms with van der Waals surface area (Å²) in [4.78, 5) is 14.3. The van der Waals surface area contributed by atoms with Crippen LogP contribution in [0.3, 0.4) is 0 Å². The summed E-state index contributed by atoms with van der Waals surface area (Å²) in [5.74, 6) is -0.414. The molecule has 0 aliphatic rings. The first-order valence-corrected chi connectivity index (χ1v) is 9.85. The molecule has 0 saturated carbocycles. The molecule has 0 aliphatic carbocycles. The quantitative estimate of drug-likeness (QED) is 0.836. The fourth-order valence-electron chi connectivity index (χ4n) is 2.26. The monoisotopic (exact) mass is 411 g/mol. The highest BCUT2D eigenvalue weighted by molar-refractivity contribution is 9.10. The molecule has 2 rings (SSSR count). The van der Waals surface area contributed by atoms with Gasteiger partial charge < -0.3 is 10.0 Å². The Labute approximate surface area is 150 Å². The molecule has 128 valence electrons. The van der Waals surface area contributed by atoms with E-state index < -0.39 is 9.84 Å². The van der Waals surface area contributed by atoms with E-state index >= 15 is 0 Å². The van der Waals surface area contributed by atoms with Crippen LogP contribution >= 0.6 is 15.9 Å². The molecule has 0 spiro atoms. The molecule has 2 aromatic carbocycles. The van der Waals surface area contributed by atoms with E-state index in [2.05, 4.69) is 15.9 Å². The number of halogens is 1. The highest BCUT2D eigenvalue weighted by Gasteiger charge is 2.22. The van der Waals surface area contributed by atoms with E-state index in [-0.39, 0.29) is 28.2 Å². The minimum Gasteiger partial charge on any atom is -0.507 e. The Morgan fingerprint density at radius 1 is 1.17 bits per heavy atom. The summed E-state index contributed by atoms with van der Waals surface area (Å²) < 4.78 is 23.7. The zero-order chi connectivity index (χ0) is 18.1. The Hall–Kier alpha value is -1.86.